The third-order valence-electron chi connectivity index (χ3n) is 3.08. The largest absolute Gasteiger partial charge is 0.497 e. The molecule has 18 heavy (non-hydrogen) atoms. The van der Waals surface area contributed by atoms with Gasteiger partial charge < -0.3 is 8.92 Å². The van der Waals surface area contributed by atoms with E-state index in [9.17, 15) is 0 Å². The molecule has 0 fully saturated rings. The molecule has 1 aromatic rings. The quantitative estimate of drug-likeness (QED) is 0.591. The van der Waals surface area contributed by atoms with Gasteiger partial charge in [-0.25, -0.2) is 0 Å². The molecule has 2 nitrogen and oxygen atoms in total. The minimum absolute atomic E-state index is 0.130. The van der Waals surface area contributed by atoms with Gasteiger partial charge in [-0.3, -0.25) is 0 Å². The molecule has 1 unspecified atom stereocenters. The summed E-state index contributed by atoms with van der Waals surface area (Å²) in [6.45, 7) is 4.17. The highest BCUT2D eigenvalue weighted by Gasteiger charge is 2.26. The van der Waals surface area contributed by atoms with Gasteiger partial charge in [-0.1, -0.05) is 12.1 Å². The van der Waals surface area contributed by atoms with Crippen LogP contribution in [0.15, 0.2) is 41.7 Å². The van der Waals surface area contributed by atoms with Crippen LogP contribution in [0.1, 0.15) is 19.4 Å². The monoisotopic (exact) mass is 278 g/mol. The minimum Gasteiger partial charge on any atom is -0.497 e. The number of allylic oxidation sites excluding steroid dienone is 3. The van der Waals surface area contributed by atoms with E-state index in [0.29, 0.717) is 0 Å². The summed E-state index contributed by atoms with van der Waals surface area (Å²) in [5.74, 6) is 1.95. The minimum atomic E-state index is -0.130. The van der Waals surface area contributed by atoms with Gasteiger partial charge in [-0.15, -0.1) is 0 Å². The first-order chi connectivity index (χ1) is 8.69. The maximum absolute atomic E-state index is 5.85. The van der Waals surface area contributed by atoms with Crippen molar-refractivity contribution < 1.29 is 8.92 Å². The Hall–Kier alpha value is -1.13. The van der Waals surface area contributed by atoms with Gasteiger partial charge in [-0.2, -0.15) is 0 Å². The van der Waals surface area contributed by atoms with E-state index in [0.717, 1.165) is 11.5 Å². The SMILES string of the molecule is COc1ccc(C2=CC3=S(OC(C)=C3C)S2)cc1. The summed E-state index contributed by atoms with van der Waals surface area (Å²) in [6, 6.07) is 8.17. The van der Waals surface area contributed by atoms with Crippen LogP contribution in [0.5, 0.6) is 5.75 Å². The lowest BCUT2D eigenvalue weighted by Gasteiger charge is -2.07. The average Bonchev–Trinajstić information content (AvgIpc) is 2.91. The lowest BCUT2D eigenvalue weighted by Crippen LogP contribution is -1.90. The standard InChI is InChI=1S/C14H14O2S2/c1-9-10(2)16-18-14(9)8-13(17-18)11-4-6-12(15-3)7-5-11/h4-8H,1-3H3. The molecule has 0 radical (unpaired) electrons. The van der Waals surface area contributed by atoms with Gasteiger partial charge in [0.2, 0.25) is 0 Å². The van der Waals surface area contributed by atoms with E-state index in [2.05, 4.69) is 25.1 Å². The Labute approximate surface area is 113 Å². The molecule has 94 valence electrons. The van der Waals surface area contributed by atoms with Crippen molar-refractivity contribution in [3.8, 4) is 5.75 Å². The fourth-order valence-corrected chi connectivity index (χ4v) is 5.78. The number of methoxy groups -OCH3 is 1. The Morgan fingerprint density at radius 3 is 2.50 bits per heavy atom. The average molecular weight is 278 g/mol. The van der Waals surface area contributed by atoms with Crippen LogP contribution in [-0.2, 0) is 4.18 Å². The van der Waals surface area contributed by atoms with Crippen LogP contribution in [0.3, 0.4) is 0 Å². The fourth-order valence-electron chi connectivity index (χ4n) is 1.85. The number of benzene rings is 1. The molecular weight excluding hydrogens is 264 g/mol. The van der Waals surface area contributed by atoms with E-state index < -0.39 is 0 Å². The van der Waals surface area contributed by atoms with Crippen LogP contribution in [0.25, 0.3) is 4.91 Å². The molecule has 0 aromatic heterocycles. The highest BCUT2D eigenvalue weighted by molar-refractivity contribution is 8.86. The van der Waals surface area contributed by atoms with Gasteiger partial charge in [0.1, 0.15) is 11.5 Å². The molecule has 3 rings (SSSR count). The van der Waals surface area contributed by atoms with Gasteiger partial charge in [0.25, 0.3) is 0 Å². The Morgan fingerprint density at radius 2 is 1.89 bits per heavy atom. The van der Waals surface area contributed by atoms with Crippen molar-refractivity contribution in [2.45, 2.75) is 13.8 Å². The van der Waals surface area contributed by atoms with Crippen molar-refractivity contribution in [1.82, 2.24) is 0 Å². The molecule has 0 saturated heterocycles. The second-order valence-electron chi connectivity index (χ2n) is 4.18. The maximum Gasteiger partial charge on any atom is 0.118 e. The van der Waals surface area contributed by atoms with Gasteiger partial charge in [0.15, 0.2) is 0 Å². The number of ether oxygens (including phenoxy) is 1. The first-order valence-electron chi connectivity index (χ1n) is 5.71. The molecule has 0 saturated carbocycles. The Morgan fingerprint density at radius 1 is 1.17 bits per heavy atom. The molecule has 2 aliphatic rings. The molecule has 2 heterocycles. The topological polar surface area (TPSA) is 18.5 Å². The molecule has 2 aliphatic heterocycles. The van der Waals surface area contributed by atoms with Gasteiger partial charge in [-0.05, 0) is 48.4 Å². The molecular formula is C14H14O2S2. The summed E-state index contributed by atoms with van der Waals surface area (Å²) in [6.07, 6.45) is 2.25. The van der Waals surface area contributed by atoms with Crippen LogP contribution < -0.4 is 4.74 Å². The molecule has 1 aromatic carbocycles. The summed E-state index contributed by atoms with van der Waals surface area (Å²) in [7, 11) is 3.36. The van der Waals surface area contributed by atoms with E-state index in [-0.39, 0.29) is 9.80 Å². The zero-order valence-corrected chi connectivity index (χ0v) is 12.2. The summed E-state index contributed by atoms with van der Waals surface area (Å²) >= 11 is 0. The zero-order chi connectivity index (χ0) is 12.7. The van der Waals surface area contributed by atoms with E-state index in [1.165, 1.54) is 20.9 Å². The highest BCUT2D eigenvalue weighted by atomic mass is 33.1. The van der Waals surface area contributed by atoms with Crippen molar-refractivity contribution in [3.05, 3.63) is 47.2 Å². The van der Waals surface area contributed by atoms with Gasteiger partial charge in [0, 0.05) is 10.5 Å². The lowest BCUT2D eigenvalue weighted by molar-refractivity contribution is 0.415. The van der Waals surface area contributed by atoms with Crippen molar-refractivity contribution in [2.24, 2.45) is 0 Å². The Balaban J connectivity index is 1.88. The van der Waals surface area contributed by atoms with Crippen molar-refractivity contribution >= 4 is 30.4 Å². The predicted octanol–water partition coefficient (Wildman–Crippen LogP) is 4.38. The normalized spacial score (nSPS) is 21.8. The second kappa shape index (κ2) is 4.52. The molecule has 0 amide bonds. The molecule has 0 aliphatic carbocycles. The van der Waals surface area contributed by atoms with Crippen LogP contribution in [0.4, 0.5) is 0 Å². The summed E-state index contributed by atoms with van der Waals surface area (Å²) in [5.41, 5.74) is 2.51. The van der Waals surface area contributed by atoms with Crippen molar-refractivity contribution in [2.75, 3.05) is 7.11 Å². The number of hydrogen-bond acceptors (Lipinski definition) is 3. The van der Waals surface area contributed by atoms with E-state index >= 15 is 0 Å². The van der Waals surface area contributed by atoms with Crippen molar-refractivity contribution in [1.29, 1.82) is 0 Å². The van der Waals surface area contributed by atoms with Gasteiger partial charge >= 0.3 is 0 Å². The zero-order valence-electron chi connectivity index (χ0n) is 10.5. The summed E-state index contributed by atoms with van der Waals surface area (Å²) < 4.78 is 11.0. The maximum atomic E-state index is 5.85. The first kappa shape index (κ1) is 11.9. The highest BCUT2D eigenvalue weighted by Crippen LogP contribution is 2.54. The van der Waals surface area contributed by atoms with Gasteiger partial charge in [0.05, 0.1) is 21.8 Å². The summed E-state index contributed by atoms with van der Waals surface area (Å²) in [4.78, 5) is 2.62. The number of rotatable bonds is 2. The Kier molecular flexibility index (Phi) is 2.99. The molecule has 0 spiro atoms. The van der Waals surface area contributed by atoms with Crippen LogP contribution in [0.2, 0.25) is 0 Å². The number of hydrogen-bond donors (Lipinski definition) is 0. The molecule has 4 heteroatoms. The smallest absolute Gasteiger partial charge is 0.118 e. The van der Waals surface area contributed by atoms with E-state index in [4.69, 9.17) is 8.92 Å². The third-order valence-corrected chi connectivity index (χ3v) is 6.68. The second-order valence-corrected chi connectivity index (χ2v) is 7.27. The van der Waals surface area contributed by atoms with E-state index in [1.54, 1.807) is 17.9 Å². The van der Waals surface area contributed by atoms with Crippen LogP contribution in [0, 0.1) is 0 Å². The first-order valence-corrected chi connectivity index (χ1v) is 8.19. The summed E-state index contributed by atoms with van der Waals surface area (Å²) in [5, 5.41) is 0. The molecule has 1 atom stereocenters. The van der Waals surface area contributed by atoms with Crippen molar-refractivity contribution in [3.63, 3.8) is 0 Å². The molecule has 0 bridgehead atoms. The lowest BCUT2D eigenvalue weighted by atomic mass is 10.1. The molecule has 0 N–H and O–H groups in total. The predicted molar refractivity (Wildman–Crippen MR) is 80.6 cm³/mol. The van der Waals surface area contributed by atoms with Crippen LogP contribution in [-0.4, -0.2) is 12.0 Å². The third kappa shape index (κ3) is 1.89. The van der Waals surface area contributed by atoms with Crippen LogP contribution >= 0.6 is 20.6 Å². The van der Waals surface area contributed by atoms with E-state index in [1.807, 2.05) is 19.1 Å². The Bertz CT molecular complexity index is 595. The fraction of sp³-hybridized carbons (Fsp3) is 0.214.